The smallest absolute Gasteiger partial charge is 0.234 e. The number of amides is 2. The van der Waals surface area contributed by atoms with Gasteiger partial charge in [-0.3, -0.25) is 14.5 Å². The predicted molar refractivity (Wildman–Crippen MR) is 152 cm³/mol. The van der Waals surface area contributed by atoms with Crippen molar-refractivity contribution < 1.29 is 23.8 Å². The molecule has 3 heterocycles. The van der Waals surface area contributed by atoms with Gasteiger partial charge in [0.15, 0.2) is 11.5 Å². The number of ether oxygens (including phenoxy) is 3. The monoisotopic (exact) mass is 550 g/mol. The van der Waals surface area contributed by atoms with Crippen LogP contribution in [-0.4, -0.2) is 92.6 Å². The number of rotatable bonds is 4. The summed E-state index contributed by atoms with van der Waals surface area (Å²) in [4.78, 5) is 32.5. The number of methoxy groups -OCH3 is 1. The van der Waals surface area contributed by atoms with E-state index in [0.717, 1.165) is 43.5 Å². The second kappa shape index (κ2) is 13.0. The van der Waals surface area contributed by atoms with Crippen molar-refractivity contribution in [1.82, 2.24) is 20.0 Å². The zero-order valence-corrected chi connectivity index (χ0v) is 23.9. The van der Waals surface area contributed by atoms with Crippen molar-refractivity contribution in [1.29, 1.82) is 0 Å². The summed E-state index contributed by atoms with van der Waals surface area (Å²) >= 11 is 0. The highest BCUT2D eigenvalue weighted by Gasteiger charge is 2.37. The molecule has 2 amide bonds. The Balaban J connectivity index is 1.29. The fraction of sp³-hybridized carbons (Fsp3) is 0.548. The van der Waals surface area contributed by atoms with Gasteiger partial charge in [0.1, 0.15) is 5.75 Å². The maximum absolute atomic E-state index is 13.2. The van der Waals surface area contributed by atoms with Crippen molar-refractivity contribution >= 4 is 11.8 Å². The lowest BCUT2D eigenvalue weighted by molar-refractivity contribution is -0.131. The number of nitrogens with one attached hydrogen (secondary N) is 1. The molecule has 0 saturated carbocycles. The highest BCUT2D eigenvalue weighted by atomic mass is 16.5. The van der Waals surface area contributed by atoms with Crippen LogP contribution in [0.25, 0.3) is 0 Å². The van der Waals surface area contributed by atoms with Gasteiger partial charge in [-0.05, 0) is 87.8 Å². The Labute approximate surface area is 237 Å². The van der Waals surface area contributed by atoms with Crippen LogP contribution in [0.5, 0.6) is 17.2 Å². The first-order chi connectivity index (χ1) is 19.4. The maximum atomic E-state index is 13.2. The van der Waals surface area contributed by atoms with Gasteiger partial charge >= 0.3 is 0 Å². The van der Waals surface area contributed by atoms with Crippen molar-refractivity contribution in [2.45, 2.75) is 51.0 Å². The lowest BCUT2D eigenvalue weighted by Gasteiger charge is -2.29. The lowest BCUT2D eigenvalue weighted by Crippen LogP contribution is -2.47. The number of benzene rings is 2. The summed E-state index contributed by atoms with van der Waals surface area (Å²) in [5.41, 5.74) is 1.97. The molecule has 0 aromatic heterocycles. The van der Waals surface area contributed by atoms with E-state index in [1.807, 2.05) is 59.3 Å². The van der Waals surface area contributed by atoms with Crippen LogP contribution in [0.2, 0.25) is 0 Å². The maximum Gasteiger partial charge on any atom is 0.234 e. The molecule has 1 N–H and O–H groups in total. The van der Waals surface area contributed by atoms with E-state index in [1.54, 1.807) is 7.11 Å². The van der Waals surface area contributed by atoms with Gasteiger partial charge in [-0.2, -0.15) is 0 Å². The molecule has 0 spiro atoms. The summed E-state index contributed by atoms with van der Waals surface area (Å²) < 4.78 is 18.1. The number of hydrogen-bond acceptors (Lipinski definition) is 7. The Kier molecular flexibility index (Phi) is 9.24. The van der Waals surface area contributed by atoms with E-state index >= 15 is 0 Å². The van der Waals surface area contributed by atoms with Crippen LogP contribution < -0.4 is 14.8 Å². The third-order valence-electron chi connectivity index (χ3n) is 8.25. The first kappa shape index (κ1) is 28.4. The number of piperidine rings is 1. The van der Waals surface area contributed by atoms with E-state index in [0.29, 0.717) is 55.8 Å². The van der Waals surface area contributed by atoms with Crippen molar-refractivity contribution in [3.8, 4) is 17.2 Å². The second-order valence-electron chi connectivity index (χ2n) is 11.5. The van der Waals surface area contributed by atoms with E-state index in [2.05, 4.69) is 17.3 Å². The summed E-state index contributed by atoms with van der Waals surface area (Å²) in [6.07, 6.45) is 3.50. The molecule has 0 aliphatic carbocycles. The average molecular weight is 551 g/mol. The molecule has 2 aromatic rings. The highest BCUT2D eigenvalue weighted by Crippen LogP contribution is 2.33. The third kappa shape index (κ3) is 7.33. The standard InChI is InChI=1S/C31H42N4O5/c1-33-13-11-22(12-14-33)8-10-31(37)35-18-26-29(19-35)39-21-24-5-4-6-25(15-24)40-28-16-23(7-9-27(28)38-3)17-34(2)20-30(36)32-26/h4-7,9,15-16,22,26,29H,8,10-14,17-21H2,1-3H3,(H,32,36)/t26-,29-/m0/s1. The molecule has 0 radical (unpaired) electrons. The first-order valence-electron chi connectivity index (χ1n) is 14.4. The predicted octanol–water partition coefficient (Wildman–Crippen LogP) is 3.27. The molecule has 0 unspecified atom stereocenters. The third-order valence-corrected chi connectivity index (χ3v) is 8.25. The zero-order chi connectivity index (χ0) is 28.1. The summed E-state index contributed by atoms with van der Waals surface area (Å²) in [6.45, 7) is 4.30. The molecule has 9 heteroatoms. The van der Waals surface area contributed by atoms with Crippen LogP contribution in [0.1, 0.15) is 36.8 Å². The van der Waals surface area contributed by atoms with Crippen molar-refractivity contribution in [3.05, 3.63) is 53.6 Å². The Morgan fingerprint density at radius 3 is 2.65 bits per heavy atom. The number of nitrogens with zero attached hydrogens (tertiary/aromatic N) is 3. The molecular weight excluding hydrogens is 508 g/mol. The van der Waals surface area contributed by atoms with E-state index in [4.69, 9.17) is 14.2 Å². The van der Waals surface area contributed by atoms with Gasteiger partial charge in [-0.25, -0.2) is 0 Å². The number of hydrogen-bond donors (Lipinski definition) is 1. The molecule has 40 heavy (non-hydrogen) atoms. The van der Waals surface area contributed by atoms with E-state index in [-0.39, 0.29) is 30.5 Å². The fourth-order valence-corrected chi connectivity index (χ4v) is 5.91. The Morgan fingerprint density at radius 1 is 1.02 bits per heavy atom. The van der Waals surface area contributed by atoms with Crippen LogP contribution in [-0.2, 0) is 27.5 Å². The SMILES string of the molecule is COc1ccc2cc1Oc1cccc(c1)CO[C@H]1CN(C(=O)CCC3CCN(C)CC3)C[C@@H]1NC(=O)CN(C)C2. The van der Waals surface area contributed by atoms with Crippen LogP contribution in [0.4, 0.5) is 0 Å². The number of carbonyl (C=O) groups is 2. The minimum Gasteiger partial charge on any atom is -0.493 e. The minimum absolute atomic E-state index is 0.0826. The van der Waals surface area contributed by atoms with Gasteiger partial charge in [0, 0.05) is 26.1 Å². The average Bonchev–Trinajstić information content (AvgIpc) is 3.33. The van der Waals surface area contributed by atoms with Crippen molar-refractivity contribution in [2.75, 3.05) is 53.9 Å². The van der Waals surface area contributed by atoms with E-state index < -0.39 is 0 Å². The van der Waals surface area contributed by atoms with Crippen molar-refractivity contribution in [2.24, 2.45) is 5.92 Å². The highest BCUT2D eigenvalue weighted by molar-refractivity contribution is 5.79. The largest absolute Gasteiger partial charge is 0.493 e. The Bertz CT molecular complexity index is 1180. The Morgan fingerprint density at radius 2 is 1.85 bits per heavy atom. The first-order valence-corrected chi connectivity index (χ1v) is 14.4. The van der Waals surface area contributed by atoms with Gasteiger partial charge in [0.25, 0.3) is 0 Å². The molecule has 216 valence electrons. The van der Waals surface area contributed by atoms with Crippen molar-refractivity contribution in [3.63, 3.8) is 0 Å². The van der Waals surface area contributed by atoms with E-state index in [1.165, 1.54) is 0 Å². The van der Waals surface area contributed by atoms with Gasteiger partial charge in [-0.1, -0.05) is 18.2 Å². The molecule has 3 aliphatic heterocycles. The Hall–Kier alpha value is -3.14. The summed E-state index contributed by atoms with van der Waals surface area (Å²) in [5.74, 6) is 2.63. The summed E-state index contributed by atoms with van der Waals surface area (Å²) in [5, 5.41) is 3.17. The van der Waals surface area contributed by atoms with Gasteiger partial charge in [0.2, 0.25) is 11.8 Å². The molecule has 2 aromatic carbocycles. The molecule has 3 aliphatic rings. The lowest BCUT2D eigenvalue weighted by atomic mass is 9.92. The van der Waals surface area contributed by atoms with Gasteiger partial charge < -0.3 is 29.3 Å². The fourth-order valence-electron chi connectivity index (χ4n) is 5.91. The minimum atomic E-state index is -0.285. The number of likely N-dealkylation sites (tertiary alicyclic amines) is 2. The molecule has 2 saturated heterocycles. The summed E-state index contributed by atoms with van der Waals surface area (Å²) in [6, 6.07) is 13.4. The second-order valence-corrected chi connectivity index (χ2v) is 11.5. The zero-order valence-electron chi connectivity index (χ0n) is 23.9. The quantitative estimate of drug-likeness (QED) is 0.626. The number of likely N-dealkylation sites (N-methyl/N-ethyl adjacent to an activating group) is 1. The van der Waals surface area contributed by atoms with Crippen LogP contribution in [0, 0.1) is 5.92 Å². The number of fused-ring (bicyclic) bond motifs is 5. The van der Waals surface area contributed by atoms with Gasteiger partial charge in [-0.15, -0.1) is 0 Å². The summed E-state index contributed by atoms with van der Waals surface area (Å²) in [7, 11) is 5.69. The van der Waals surface area contributed by atoms with Crippen LogP contribution >= 0.6 is 0 Å². The molecular formula is C31H42N4O5. The molecule has 9 nitrogen and oxygen atoms in total. The molecule has 5 rings (SSSR count). The molecule has 2 fully saturated rings. The normalized spacial score (nSPS) is 23.3. The number of carbonyl (C=O) groups excluding carboxylic acids is 2. The topological polar surface area (TPSA) is 83.6 Å². The molecule has 2 atom stereocenters. The van der Waals surface area contributed by atoms with Crippen LogP contribution in [0.3, 0.4) is 0 Å². The van der Waals surface area contributed by atoms with Crippen LogP contribution in [0.15, 0.2) is 42.5 Å². The van der Waals surface area contributed by atoms with Gasteiger partial charge in [0.05, 0.1) is 32.4 Å². The van der Waals surface area contributed by atoms with E-state index in [9.17, 15) is 9.59 Å². The molecule has 4 bridgehead atoms.